The second-order valence-electron chi connectivity index (χ2n) is 6.56. The van der Waals surface area contributed by atoms with E-state index in [0.717, 1.165) is 31.2 Å². The smallest absolute Gasteiger partial charge is 0.216 e. The molecule has 128 valence electrons. The van der Waals surface area contributed by atoms with Crippen molar-refractivity contribution in [1.29, 1.82) is 0 Å². The van der Waals surface area contributed by atoms with Gasteiger partial charge in [-0.3, -0.25) is 9.69 Å². The summed E-state index contributed by atoms with van der Waals surface area (Å²) in [4.78, 5) is 14.9. The second-order valence-corrected chi connectivity index (χ2v) is 8.59. The Morgan fingerprint density at radius 3 is 2.96 bits per heavy atom. The third-order valence-electron chi connectivity index (χ3n) is 4.06. The van der Waals surface area contributed by atoms with Gasteiger partial charge in [-0.1, -0.05) is 31.5 Å². The number of rotatable bonds is 6. The van der Waals surface area contributed by atoms with Crippen LogP contribution >= 0.6 is 23.4 Å². The van der Waals surface area contributed by atoms with E-state index in [1.807, 2.05) is 23.9 Å². The van der Waals surface area contributed by atoms with E-state index in [2.05, 4.69) is 30.1 Å². The van der Waals surface area contributed by atoms with E-state index in [1.54, 1.807) is 6.92 Å². The molecule has 0 bridgehead atoms. The van der Waals surface area contributed by atoms with Crippen LogP contribution in [-0.4, -0.2) is 35.7 Å². The maximum absolute atomic E-state index is 11.1. The summed E-state index contributed by atoms with van der Waals surface area (Å²) in [6, 6.07) is 6.19. The standard InChI is InChI=1S/C18H27ClN2OS/c1-13(2)23-18-8-4-7-17(19)16(18)12-21-9-5-6-15(11-21)10-20-14(3)22/h4,7-8,13,15H,5-6,9-12H2,1-3H3,(H,20,22)/t15-/m0/s1. The molecule has 1 saturated heterocycles. The first kappa shape index (κ1) is 18.6. The number of nitrogens with one attached hydrogen (secondary N) is 1. The lowest BCUT2D eigenvalue weighted by Gasteiger charge is -2.33. The number of piperidine rings is 1. The van der Waals surface area contributed by atoms with Crippen LogP contribution in [0.5, 0.6) is 0 Å². The first-order chi connectivity index (χ1) is 11.0. The van der Waals surface area contributed by atoms with E-state index < -0.39 is 0 Å². The molecule has 0 radical (unpaired) electrons. The largest absolute Gasteiger partial charge is 0.356 e. The zero-order valence-electron chi connectivity index (χ0n) is 14.3. The molecule has 1 amide bonds. The zero-order valence-corrected chi connectivity index (χ0v) is 15.8. The zero-order chi connectivity index (χ0) is 16.8. The molecule has 1 aromatic rings. The molecule has 1 fully saturated rings. The molecule has 1 atom stereocenters. The number of benzene rings is 1. The Morgan fingerprint density at radius 1 is 1.48 bits per heavy atom. The summed E-state index contributed by atoms with van der Waals surface area (Å²) in [7, 11) is 0. The van der Waals surface area contributed by atoms with Crippen molar-refractivity contribution in [3.8, 4) is 0 Å². The van der Waals surface area contributed by atoms with Crippen LogP contribution in [0, 0.1) is 5.92 Å². The average Bonchev–Trinajstić information content (AvgIpc) is 2.49. The van der Waals surface area contributed by atoms with Crippen molar-refractivity contribution in [1.82, 2.24) is 10.2 Å². The molecule has 5 heteroatoms. The summed E-state index contributed by atoms with van der Waals surface area (Å²) in [5.74, 6) is 0.597. The van der Waals surface area contributed by atoms with Crippen LogP contribution in [-0.2, 0) is 11.3 Å². The fraction of sp³-hybridized carbons (Fsp3) is 0.611. The van der Waals surface area contributed by atoms with Gasteiger partial charge in [-0.15, -0.1) is 11.8 Å². The molecule has 3 nitrogen and oxygen atoms in total. The highest BCUT2D eigenvalue weighted by atomic mass is 35.5. The molecule has 1 aliphatic heterocycles. The summed E-state index contributed by atoms with van der Waals surface area (Å²) in [6.45, 7) is 9.80. The monoisotopic (exact) mass is 354 g/mol. The van der Waals surface area contributed by atoms with Gasteiger partial charge in [-0.25, -0.2) is 0 Å². The van der Waals surface area contributed by atoms with Gasteiger partial charge < -0.3 is 5.32 Å². The van der Waals surface area contributed by atoms with Crippen molar-refractivity contribution in [2.45, 2.75) is 50.3 Å². The minimum atomic E-state index is 0.0591. The summed E-state index contributed by atoms with van der Waals surface area (Å²) < 4.78 is 0. The van der Waals surface area contributed by atoms with E-state index in [4.69, 9.17) is 11.6 Å². The first-order valence-corrected chi connectivity index (χ1v) is 9.62. The number of likely N-dealkylation sites (tertiary alicyclic amines) is 1. The Hall–Kier alpha value is -0.710. The van der Waals surface area contributed by atoms with Crippen LogP contribution in [0.25, 0.3) is 0 Å². The van der Waals surface area contributed by atoms with E-state index in [1.165, 1.54) is 23.3 Å². The number of hydrogen-bond acceptors (Lipinski definition) is 3. The number of hydrogen-bond donors (Lipinski definition) is 1. The van der Waals surface area contributed by atoms with Gasteiger partial charge in [-0.05, 0) is 43.0 Å². The Kier molecular flexibility index (Phi) is 7.25. The average molecular weight is 355 g/mol. The molecule has 0 spiro atoms. The topological polar surface area (TPSA) is 32.3 Å². The van der Waals surface area contributed by atoms with Gasteiger partial charge in [-0.2, -0.15) is 0 Å². The van der Waals surface area contributed by atoms with Gasteiger partial charge in [0.25, 0.3) is 0 Å². The summed E-state index contributed by atoms with van der Waals surface area (Å²) >= 11 is 8.35. The van der Waals surface area contributed by atoms with Crippen molar-refractivity contribution in [2.75, 3.05) is 19.6 Å². The van der Waals surface area contributed by atoms with Crippen LogP contribution in [0.2, 0.25) is 5.02 Å². The predicted molar refractivity (Wildman–Crippen MR) is 99.1 cm³/mol. The first-order valence-electron chi connectivity index (χ1n) is 8.36. The Morgan fingerprint density at radius 2 is 2.26 bits per heavy atom. The SMILES string of the molecule is CC(=O)NC[C@@H]1CCCN(Cc2c(Cl)cccc2SC(C)C)C1. The van der Waals surface area contributed by atoms with E-state index in [9.17, 15) is 4.79 Å². The fourth-order valence-electron chi connectivity index (χ4n) is 3.03. The third-order valence-corrected chi connectivity index (χ3v) is 5.52. The van der Waals surface area contributed by atoms with Gasteiger partial charge in [0, 0.05) is 41.7 Å². The maximum atomic E-state index is 11.1. The van der Waals surface area contributed by atoms with Crippen molar-refractivity contribution in [3.05, 3.63) is 28.8 Å². The lowest BCUT2D eigenvalue weighted by atomic mass is 9.97. The molecule has 1 aliphatic rings. The van der Waals surface area contributed by atoms with E-state index >= 15 is 0 Å². The van der Waals surface area contributed by atoms with Crippen LogP contribution in [0.3, 0.4) is 0 Å². The minimum absolute atomic E-state index is 0.0591. The van der Waals surface area contributed by atoms with Crippen molar-refractivity contribution >= 4 is 29.3 Å². The summed E-state index contributed by atoms with van der Waals surface area (Å²) in [5, 5.41) is 4.36. The van der Waals surface area contributed by atoms with E-state index in [-0.39, 0.29) is 5.91 Å². The van der Waals surface area contributed by atoms with Crippen LogP contribution in [0.4, 0.5) is 0 Å². The fourth-order valence-corrected chi connectivity index (χ4v) is 4.30. The number of carbonyl (C=O) groups is 1. The summed E-state index contributed by atoms with van der Waals surface area (Å²) in [5.41, 5.74) is 1.24. The van der Waals surface area contributed by atoms with Crippen LogP contribution < -0.4 is 5.32 Å². The normalized spacial score (nSPS) is 19.1. The van der Waals surface area contributed by atoms with Crippen molar-refractivity contribution in [3.63, 3.8) is 0 Å². The van der Waals surface area contributed by atoms with Crippen molar-refractivity contribution < 1.29 is 4.79 Å². The molecule has 0 aliphatic carbocycles. The van der Waals surface area contributed by atoms with Gasteiger partial charge >= 0.3 is 0 Å². The second kappa shape index (κ2) is 8.95. The lowest BCUT2D eigenvalue weighted by Crippen LogP contribution is -2.40. The number of halogens is 1. The molecular formula is C18H27ClN2OS. The third kappa shape index (κ3) is 6.02. The van der Waals surface area contributed by atoms with Gasteiger partial charge in [0.15, 0.2) is 0 Å². The molecular weight excluding hydrogens is 328 g/mol. The van der Waals surface area contributed by atoms with Crippen molar-refractivity contribution in [2.24, 2.45) is 5.92 Å². The Balaban J connectivity index is 2.02. The lowest BCUT2D eigenvalue weighted by molar-refractivity contribution is -0.119. The van der Waals surface area contributed by atoms with Crippen LogP contribution in [0.15, 0.2) is 23.1 Å². The Bertz CT molecular complexity index is 536. The highest BCUT2D eigenvalue weighted by Crippen LogP contribution is 2.33. The Labute approximate surface area is 149 Å². The molecule has 0 aromatic heterocycles. The molecule has 2 rings (SSSR count). The maximum Gasteiger partial charge on any atom is 0.216 e. The number of nitrogens with zero attached hydrogens (tertiary/aromatic N) is 1. The van der Waals surface area contributed by atoms with Gasteiger partial charge in [0.05, 0.1) is 0 Å². The highest BCUT2D eigenvalue weighted by Gasteiger charge is 2.22. The van der Waals surface area contributed by atoms with E-state index in [0.29, 0.717) is 11.2 Å². The number of thioether (sulfide) groups is 1. The minimum Gasteiger partial charge on any atom is -0.356 e. The highest BCUT2D eigenvalue weighted by molar-refractivity contribution is 8.00. The number of carbonyl (C=O) groups excluding carboxylic acids is 1. The quantitative estimate of drug-likeness (QED) is 0.777. The molecule has 23 heavy (non-hydrogen) atoms. The predicted octanol–water partition coefficient (Wildman–Crippen LogP) is 4.19. The molecule has 0 unspecified atom stereocenters. The molecule has 1 N–H and O–H groups in total. The van der Waals surface area contributed by atoms with Crippen LogP contribution in [0.1, 0.15) is 39.2 Å². The number of amides is 1. The summed E-state index contributed by atoms with van der Waals surface area (Å²) in [6.07, 6.45) is 2.37. The van der Waals surface area contributed by atoms with Gasteiger partial charge in [0.2, 0.25) is 5.91 Å². The molecule has 1 aromatic carbocycles. The molecule has 1 heterocycles. The molecule has 0 saturated carbocycles. The van der Waals surface area contributed by atoms with Gasteiger partial charge in [0.1, 0.15) is 0 Å².